The lowest BCUT2D eigenvalue weighted by Crippen LogP contribution is -2.50. The normalized spacial score (nSPS) is 33.0. The number of anilines is 1. The molecule has 0 amide bonds. The van der Waals surface area contributed by atoms with Gasteiger partial charge in [0, 0.05) is 17.2 Å². The highest BCUT2D eigenvalue weighted by Crippen LogP contribution is 2.68. The topological polar surface area (TPSA) is 92.2 Å². The molecule has 0 bridgehead atoms. The molecule has 3 N–H and O–H groups in total. The van der Waals surface area contributed by atoms with E-state index in [1.54, 1.807) is 0 Å². The molecule has 0 spiro atoms. The maximum absolute atomic E-state index is 10.4. The van der Waals surface area contributed by atoms with Crippen molar-refractivity contribution < 1.29 is 9.84 Å². The van der Waals surface area contributed by atoms with E-state index in [4.69, 9.17) is 15.5 Å². The molecule has 222 valence electrons. The lowest BCUT2D eigenvalue weighted by Gasteiger charge is -2.58. The van der Waals surface area contributed by atoms with Crippen LogP contribution in [-0.4, -0.2) is 16.2 Å². The quantitative estimate of drug-likeness (QED) is 0.300. The first kappa shape index (κ1) is 28.2. The van der Waals surface area contributed by atoms with Gasteiger partial charge in [0.1, 0.15) is 29.8 Å². The summed E-state index contributed by atoms with van der Waals surface area (Å²) in [5.41, 5.74) is 12.8. The highest BCUT2D eigenvalue weighted by molar-refractivity contribution is 5.76. The summed E-state index contributed by atoms with van der Waals surface area (Å²) in [6.07, 6.45) is 11.1. The van der Waals surface area contributed by atoms with Gasteiger partial charge in [-0.3, -0.25) is 0 Å². The van der Waals surface area contributed by atoms with Crippen LogP contribution in [0, 0.1) is 39.9 Å². The largest absolute Gasteiger partial charge is 0.489 e. The summed E-state index contributed by atoms with van der Waals surface area (Å²) in [7, 11) is 0. The summed E-state index contributed by atoms with van der Waals surface area (Å²) in [6.45, 7) is 5.48. The molecule has 0 aliphatic heterocycles. The van der Waals surface area contributed by atoms with Crippen LogP contribution in [0.4, 0.5) is 5.82 Å². The molecule has 43 heavy (non-hydrogen) atoms. The highest BCUT2D eigenvalue weighted by atomic mass is 16.5. The Morgan fingerprint density at radius 2 is 1.84 bits per heavy atom. The van der Waals surface area contributed by atoms with Crippen molar-refractivity contribution in [3.05, 3.63) is 89.1 Å². The number of nitrogen functional groups attached to an aromatic ring is 1. The fourth-order valence-electron chi connectivity index (χ4n) is 9.73. The van der Waals surface area contributed by atoms with Crippen LogP contribution in [0.3, 0.4) is 0 Å². The Labute approximate surface area is 255 Å². The number of aliphatic hydroxyl groups is 1. The molecule has 0 radical (unpaired) electrons. The average Bonchev–Trinajstić information content (AvgIpc) is 3.38. The smallest absolute Gasteiger partial charge is 0.142 e. The third-order valence-corrected chi connectivity index (χ3v) is 12.0. The van der Waals surface area contributed by atoms with E-state index in [0.29, 0.717) is 41.7 Å². The number of hydrogen-bond donors (Lipinski definition) is 2. The number of allylic oxidation sites excluding steroid dienone is 1. The zero-order chi connectivity index (χ0) is 29.8. The number of benzene rings is 2. The van der Waals surface area contributed by atoms with Crippen LogP contribution < -0.4 is 10.5 Å². The number of fused-ring (bicyclic) bond motifs is 5. The first-order valence-electron chi connectivity index (χ1n) is 16.2. The monoisotopic (exact) mass is 573 g/mol. The van der Waals surface area contributed by atoms with E-state index in [1.165, 1.54) is 24.8 Å². The number of rotatable bonds is 5. The second-order valence-electron chi connectivity index (χ2n) is 14.1. The molecule has 3 fully saturated rings. The molecule has 0 unspecified atom stereocenters. The molecule has 3 saturated carbocycles. The van der Waals surface area contributed by atoms with Crippen LogP contribution in [-0.2, 0) is 6.61 Å². The van der Waals surface area contributed by atoms with Crippen LogP contribution >= 0.6 is 0 Å². The maximum Gasteiger partial charge on any atom is 0.142 e. The van der Waals surface area contributed by atoms with Crippen molar-refractivity contribution >= 4 is 5.82 Å². The molecule has 1 aromatic heterocycles. The third-order valence-electron chi connectivity index (χ3n) is 12.0. The zero-order valence-corrected chi connectivity index (χ0v) is 25.4. The van der Waals surface area contributed by atoms with Gasteiger partial charge in [-0.1, -0.05) is 68.0 Å². The van der Waals surface area contributed by atoms with Crippen molar-refractivity contribution in [1.29, 1.82) is 5.26 Å². The molecule has 3 aromatic rings. The lowest BCUT2D eigenvalue weighted by atomic mass is 9.47. The Balaban J connectivity index is 1.18. The fourth-order valence-corrected chi connectivity index (χ4v) is 9.73. The van der Waals surface area contributed by atoms with Crippen LogP contribution in [0.2, 0.25) is 0 Å². The molecule has 4 aliphatic carbocycles. The summed E-state index contributed by atoms with van der Waals surface area (Å²) < 4.78 is 6.13. The van der Waals surface area contributed by atoms with Gasteiger partial charge in [-0.25, -0.2) is 4.98 Å². The third kappa shape index (κ3) is 4.75. The second-order valence-corrected chi connectivity index (χ2v) is 14.1. The Hall–Kier alpha value is -3.62. The molecule has 5 heteroatoms. The van der Waals surface area contributed by atoms with Gasteiger partial charge in [0.2, 0.25) is 0 Å². The number of nitriles is 1. The van der Waals surface area contributed by atoms with Gasteiger partial charge < -0.3 is 15.6 Å². The number of nitrogens with two attached hydrogens (primary N) is 1. The van der Waals surface area contributed by atoms with Gasteiger partial charge in [0.05, 0.1) is 6.10 Å². The minimum absolute atomic E-state index is 0.155. The Morgan fingerprint density at radius 1 is 1.00 bits per heavy atom. The predicted molar refractivity (Wildman–Crippen MR) is 170 cm³/mol. The molecule has 5 nitrogen and oxygen atoms in total. The van der Waals surface area contributed by atoms with E-state index in [-0.39, 0.29) is 16.9 Å². The van der Waals surface area contributed by atoms with Gasteiger partial charge >= 0.3 is 0 Å². The fraction of sp³-hybridized carbons (Fsp3) is 0.474. The minimum Gasteiger partial charge on any atom is -0.489 e. The summed E-state index contributed by atoms with van der Waals surface area (Å²) in [5, 5.41) is 20.5. The number of ether oxygens (including phenoxy) is 1. The maximum atomic E-state index is 10.4. The first-order valence-corrected chi connectivity index (χ1v) is 16.2. The minimum atomic E-state index is -0.168. The Morgan fingerprint density at radius 3 is 2.65 bits per heavy atom. The van der Waals surface area contributed by atoms with Gasteiger partial charge in [0.25, 0.3) is 0 Å². The first-order chi connectivity index (χ1) is 20.8. The van der Waals surface area contributed by atoms with E-state index in [2.05, 4.69) is 44.2 Å². The molecule has 0 saturated heterocycles. The molecular formula is C38H43N3O2. The molecule has 7 rings (SSSR count). The predicted octanol–water partition coefficient (Wildman–Crippen LogP) is 8.19. The van der Waals surface area contributed by atoms with Gasteiger partial charge in [-0.15, -0.1) is 0 Å². The van der Waals surface area contributed by atoms with Crippen molar-refractivity contribution in [2.24, 2.45) is 28.6 Å². The Bertz CT molecular complexity index is 1590. The average molecular weight is 574 g/mol. The number of aliphatic hydroxyl groups excluding tert-OH is 1. The van der Waals surface area contributed by atoms with Crippen molar-refractivity contribution in [3.63, 3.8) is 0 Å². The zero-order valence-electron chi connectivity index (χ0n) is 25.4. The van der Waals surface area contributed by atoms with E-state index >= 15 is 0 Å². The lowest BCUT2D eigenvalue weighted by molar-refractivity contribution is -0.0412. The van der Waals surface area contributed by atoms with Crippen LogP contribution in [0.25, 0.3) is 11.1 Å². The van der Waals surface area contributed by atoms with Crippen molar-refractivity contribution in [2.45, 2.75) is 83.8 Å². The number of pyridine rings is 1. The van der Waals surface area contributed by atoms with Crippen molar-refractivity contribution in [2.75, 3.05) is 5.73 Å². The summed E-state index contributed by atoms with van der Waals surface area (Å²) in [4.78, 5) is 4.92. The summed E-state index contributed by atoms with van der Waals surface area (Å²) in [6, 6.07) is 22.6. The van der Waals surface area contributed by atoms with E-state index < -0.39 is 0 Å². The molecule has 2 aromatic carbocycles. The Kier molecular flexibility index (Phi) is 7.09. The van der Waals surface area contributed by atoms with Crippen molar-refractivity contribution in [3.8, 4) is 22.9 Å². The van der Waals surface area contributed by atoms with E-state index in [1.807, 2.05) is 42.5 Å². The van der Waals surface area contributed by atoms with Crippen LogP contribution in [0.15, 0.2) is 72.3 Å². The molecular weight excluding hydrogens is 530 g/mol. The molecule has 7 atom stereocenters. The number of nitrogens with zero attached hydrogens (tertiary/aromatic N) is 2. The standard InChI is InChI=1S/C38H43N3O2/c1-37-17-15-27(42)20-26(37)11-12-29-32-13-14-34(38(32,2)18-16-33(29)37)35-21-30(31(22-39)36(40)41-35)25-9-6-10-28(19-25)43-23-24-7-4-3-5-8-24/h3-11,19,21,27,29,32-34,42H,12-18,20,23H2,1-2H3,(H2,40,41)/t27-,29-,32-,33-,34+,37-,38-/m0/s1. The molecule has 1 heterocycles. The SMILES string of the molecule is C[C@]12CC[C@H]3[C@@H](CC=C4C[C@@H](O)CC[C@@]43C)[C@@H]1CC[C@@H]2c1cc(-c2cccc(OCc3ccccc3)c2)c(C#N)c(N)n1. The van der Waals surface area contributed by atoms with Gasteiger partial charge in [0.15, 0.2) is 0 Å². The van der Waals surface area contributed by atoms with Gasteiger partial charge in [-0.05, 0) is 109 Å². The highest BCUT2D eigenvalue weighted by Gasteiger charge is 2.59. The van der Waals surface area contributed by atoms with Crippen LogP contribution in [0.5, 0.6) is 5.75 Å². The molecule has 4 aliphatic rings. The summed E-state index contributed by atoms with van der Waals surface area (Å²) in [5.74, 6) is 3.43. The number of aromatic nitrogens is 1. The number of hydrogen-bond acceptors (Lipinski definition) is 5. The van der Waals surface area contributed by atoms with E-state index in [9.17, 15) is 10.4 Å². The van der Waals surface area contributed by atoms with Gasteiger partial charge in [-0.2, -0.15) is 5.26 Å². The van der Waals surface area contributed by atoms with E-state index in [0.717, 1.165) is 60.2 Å². The summed E-state index contributed by atoms with van der Waals surface area (Å²) >= 11 is 0. The second kappa shape index (κ2) is 10.8. The van der Waals surface area contributed by atoms with Crippen molar-refractivity contribution in [1.82, 2.24) is 4.98 Å². The van der Waals surface area contributed by atoms with Crippen LogP contribution in [0.1, 0.15) is 88.0 Å².